The molecule has 28 heavy (non-hydrogen) atoms. The number of rotatable bonds is 4. The Hall–Kier alpha value is -3.21. The number of hydrogen-bond acceptors (Lipinski definition) is 7. The lowest BCUT2D eigenvalue weighted by atomic mass is 9.88. The maximum Gasteiger partial charge on any atom is 0.271 e. The van der Waals surface area contributed by atoms with Gasteiger partial charge in [-0.15, -0.1) is 0 Å². The average Bonchev–Trinajstić information content (AvgIpc) is 3.24. The third-order valence-electron chi connectivity index (χ3n) is 4.57. The lowest BCUT2D eigenvalue weighted by Crippen LogP contribution is -2.50. The fraction of sp³-hybridized carbons (Fsp3) is 0.235. The van der Waals surface area contributed by atoms with Crippen molar-refractivity contribution in [2.45, 2.75) is 24.8 Å². The summed E-state index contributed by atoms with van der Waals surface area (Å²) in [5.41, 5.74) is 2.13. The van der Waals surface area contributed by atoms with Crippen LogP contribution in [0.5, 0.6) is 0 Å². The molecule has 1 aromatic carbocycles. The van der Waals surface area contributed by atoms with Crippen molar-refractivity contribution in [3.05, 3.63) is 36.3 Å². The highest BCUT2D eigenvalue weighted by Crippen LogP contribution is 2.37. The smallest absolute Gasteiger partial charge is 0.271 e. The van der Waals surface area contributed by atoms with E-state index in [4.69, 9.17) is 0 Å². The summed E-state index contributed by atoms with van der Waals surface area (Å²) in [6.45, 7) is 0. The Morgan fingerprint density at radius 2 is 2.07 bits per heavy atom. The number of aromatic amines is 1. The SMILES string of the molecule is O=C(NC1CC(F)(F)C1)c1nsc2cc(Nc3[nH]nc4nccnc34)ccc12. The molecule has 142 valence electrons. The van der Waals surface area contributed by atoms with Gasteiger partial charge in [-0.2, -0.15) is 9.47 Å². The summed E-state index contributed by atoms with van der Waals surface area (Å²) in [5.74, 6) is -2.50. The number of H-pyrrole nitrogens is 1. The zero-order chi connectivity index (χ0) is 19.3. The van der Waals surface area contributed by atoms with E-state index < -0.39 is 17.9 Å². The second-order valence-corrected chi connectivity index (χ2v) is 7.43. The molecule has 8 nitrogen and oxygen atoms in total. The van der Waals surface area contributed by atoms with Crippen LogP contribution >= 0.6 is 11.5 Å². The van der Waals surface area contributed by atoms with E-state index in [0.29, 0.717) is 22.4 Å². The van der Waals surface area contributed by atoms with Gasteiger partial charge in [0.15, 0.2) is 11.3 Å². The van der Waals surface area contributed by atoms with Gasteiger partial charge < -0.3 is 10.6 Å². The van der Waals surface area contributed by atoms with Crippen LogP contribution in [0.4, 0.5) is 20.3 Å². The fourth-order valence-electron chi connectivity index (χ4n) is 3.18. The molecule has 1 amide bonds. The highest BCUT2D eigenvalue weighted by Gasteiger charge is 2.46. The van der Waals surface area contributed by atoms with Crippen molar-refractivity contribution in [1.29, 1.82) is 0 Å². The van der Waals surface area contributed by atoms with Gasteiger partial charge in [-0.25, -0.2) is 18.7 Å². The molecule has 0 aliphatic heterocycles. The van der Waals surface area contributed by atoms with E-state index in [9.17, 15) is 13.6 Å². The molecule has 0 bridgehead atoms. The van der Waals surface area contributed by atoms with Gasteiger partial charge in [0.25, 0.3) is 11.8 Å². The quantitative estimate of drug-likeness (QED) is 0.485. The molecule has 4 aromatic rings. The second-order valence-electron chi connectivity index (χ2n) is 6.63. The summed E-state index contributed by atoms with van der Waals surface area (Å²) >= 11 is 1.17. The van der Waals surface area contributed by atoms with Crippen molar-refractivity contribution in [3.63, 3.8) is 0 Å². The van der Waals surface area contributed by atoms with Crippen LogP contribution in [0.25, 0.3) is 21.3 Å². The van der Waals surface area contributed by atoms with Gasteiger partial charge in [0.2, 0.25) is 5.65 Å². The Morgan fingerprint density at radius 1 is 1.25 bits per heavy atom. The van der Waals surface area contributed by atoms with Crippen LogP contribution in [0.1, 0.15) is 23.3 Å². The van der Waals surface area contributed by atoms with Crippen molar-refractivity contribution in [1.82, 2.24) is 29.9 Å². The summed E-state index contributed by atoms with van der Waals surface area (Å²) < 4.78 is 30.9. The number of alkyl halides is 2. The molecule has 0 spiro atoms. The maximum absolute atomic E-state index is 12.9. The number of carbonyl (C=O) groups is 1. The van der Waals surface area contributed by atoms with Crippen LogP contribution in [-0.2, 0) is 0 Å². The molecule has 1 aliphatic carbocycles. The van der Waals surface area contributed by atoms with Crippen LogP contribution in [0.2, 0.25) is 0 Å². The summed E-state index contributed by atoms with van der Waals surface area (Å²) in [7, 11) is 0. The summed E-state index contributed by atoms with van der Waals surface area (Å²) in [6.07, 6.45) is 2.50. The van der Waals surface area contributed by atoms with E-state index in [1.165, 1.54) is 11.5 Å². The lowest BCUT2D eigenvalue weighted by molar-refractivity contribution is -0.0901. The number of amides is 1. The van der Waals surface area contributed by atoms with Crippen LogP contribution in [-0.4, -0.2) is 42.4 Å². The van der Waals surface area contributed by atoms with Crippen molar-refractivity contribution < 1.29 is 13.6 Å². The first-order chi connectivity index (χ1) is 13.5. The van der Waals surface area contributed by atoms with Gasteiger partial charge in [0, 0.05) is 42.4 Å². The minimum atomic E-state index is -2.68. The van der Waals surface area contributed by atoms with E-state index in [1.807, 2.05) is 6.07 Å². The second kappa shape index (κ2) is 6.16. The van der Waals surface area contributed by atoms with Gasteiger partial charge in [0.1, 0.15) is 5.69 Å². The molecule has 3 N–H and O–H groups in total. The molecule has 0 radical (unpaired) electrons. The zero-order valence-electron chi connectivity index (χ0n) is 14.2. The number of benzene rings is 1. The topological polar surface area (TPSA) is 108 Å². The first-order valence-electron chi connectivity index (χ1n) is 8.49. The highest BCUT2D eigenvalue weighted by atomic mass is 32.1. The van der Waals surface area contributed by atoms with Crippen molar-refractivity contribution in [3.8, 4) is 0 Å². The molecule has 1 saturated carbocycles. The van der Waals surface area contributed by atoms with E-state index in [0.717, 1.165) is 10.4 Å². The molecular weight excluding hydrogens is 388 g/mol. The van der Waals surface area contributed by atoms with Crippen molar-refractivity contribution >= 4 is 50.2 Å². The largest absolute Gasteiger partial charge is 0.347 e. The predicted octanol–water partition coefficient (Wildman–Crippen LogP) is 3.23. The third kappa shape index (κ3) is 2.93. The number of nitrogens with one attached hydrogen (secondary N) is 3. The first kappa shape index (κ1) is 16.9. The van der Waals surface area contributed by atoms with Crippen LogP contribution in [0.15, 0.2) is 30.6 Å². The monoisotopic (exact) mass is 401 g/mol. The third-order valence-corrected chi connectivity index (χ3v) is 5.38. The molecule has 0 atom stereocenters. The predicted molar refractivity (Wildman–Crippen MR) is 100 cm³/mol. The number of nitrogens with zero attached hydrogens (tertiary/aromatic N) is 4. The number of aromatic nitrogens is 5. The first-order valence-corrected chi connectivity index (χ1v) is 9.26. The highest BCUT2D eigenvalue weighted by molar-refractivity contribution is 7.13. The zero-order valence-corrected chi connectivity index (χ0v) is 15.1. The average molecular weight is 401 g/mol. The Labute approximate surface area is 160 Å². The molecule has 1 aliphatic rings. The van der Waals surface area contributed by atoms with Crippen LogP contribution in [0.3, 0.4) is 0 Å². The van der Waals surface area contributed by atoms with Gasteiger partial charge in [-0.05, 0) is 29.7 Å². The summed E-state index contributed by atoms with van der Waals surface area (Å²) in [6, 6.07) is 4.92. The van der Waals surface area contributed by atoms with Gasteiger partial charge in [-0.3, -0.25) is 9.89 Å². The Kier molecular flexibility index (Phi) is 3.72. The van der Waals surface area contributed by atoms with Crippen molar-refractivity contribution in [2.24, 2.45) is 0 Å². The molecule has 11 heteroatoms. The molecular formula is C17H13F2N7OS. The van der Waals surface area contributed by atoms with E-state index in [-0.39, 0.29) is 18.5 Å². The Balaban J connectivity index is 1.37. The van der Waals surface area contributed by atoms with E-state index in [2.05, 4.69) is 35.2 Å². The Morgan fingerprint density at radius 3 is 2.89 bits per heavy atom. The Bertz CT molecular complexity index is 1200. The minimum Gasteiger partial charge on any atom is -0.347 e. The normalized spacial score (nSPS) is 16.2. The fourth-order valence-corrected chi connectivity index (χ4v) is 3.99. The van der Waals surface area contributed by atoms with Gasteiger partial charge in [-0.1, -0.05) is 0 Å². The number of anilines is 2. The van der Waals surface area contributed by atoms with Crippen LogP contribution < -0.4 is 10.6 Å². The number of fused-ring (bicyclic) bond motifs is 2. The lowest BCUT2D eigenvalue weighted by Gasteiger charge is -2.35. The van der Waals surface area contributed by atoms with Crippen molar-refractivity contribution in [2.75, 3.05) is 5.32 Å². The van der Waals surface area contributed by atoms with E-state index >= 15 is 0 Å². The van der Waals surface area contributed by atoms with Gasteiger partial charge in [0.05, 0.1) is 4.70 Å². The molecule has 5 rings (SSSR count). The summed E-state index contributed by atoms with van der Waals surface area (Å²) in [5, 5.41) is 13.4. The molecule has 0 unspecified atom stereocenters. The maximum atomic E-state index is 12.9. The number of halogens is 2. The van der Waals surface area contributed by atoms with E-state index in [1.54, 1.807) is 24.5 Å². The minimum absolute atomic E-state index is 0.250. The molecule has 1 fully saturated rings. The molecule has 3 aromatic heterocycles. The molecule has 3 heterocycles. The van der Waals surface area contributed by atoms with Crippen LogP contribution in [0, 0.1) is 0 Å². The molecule has 0 saturated heterocycles. The standard InChI is InChI=1S/C17H13F2N7OS/c18-17(19)6-9(7-17)23-16(27)12-10-2-1-8(5-11(10)28-26-12)22-15-13-14(24-25-15)21-4-3-20-13/h1-5,9H,6-7H2,(H,23,27)(H2,21,22,24,25). The number of carbonyl (C=O) groups excluding carboxylic acids is 1. The van der Waals surface area contributed by atoms with Gasteiger partial charge >= 0.3 is 0 Å². The summed E-state index contributed by atoms with van der Waals surface area (Å²) in [4.78, 5) is 20.7. The number of hydrogen-bond donors (Lipinski definition) is 3.